The summed E-state index contributed by atoms with van der Waals surface area (Å²) < 4.78 is 42.0. The van der Waals surface area contributed by atoms with Gasteiger partial charge in [0, 0.05) is 61.6 Å². The first-order valence-corrected chi connectivity index (χ1v) is 24.6. The van der Waals surface area contributed by atoms with Crippen molar-refractivity contribution < 1.29 is 32.7 Å². The van der Waals surface area contributed by atoms with Gasteiger partial charge in [-0.25, -0.2) is 23.1 Å². The van der Waals surface area contributed by atoms with Crippen LogP contribution in [-0.2, 0) is 20.3 Å². The first-order valence-electron chi connectivity index (χ1n) is 23.1. The van der Waals surface area contributed by atoms with Crippen molar-refractivity contribution in [2.24, 2.45) is 11.3 Å². The smallest absolute Gasteiger partial charge is 0.312 e. The summed E-state index contributed by atoms with van der Waals surface area (Å²) in [7, 11) is -4.64. The van der Waals surface area contributed by atoms with Crippen LogP contribution in [0.5, 0.6) is 11.5 Å². The minimum absolute atomic E-state index is 0.0494. The van der Waals surface area contributed by atoms with Crippen LogP contribution >= 0.6 is 0 Å². The van der Waals surface area contributed by atoms with Gasteiger partial charge in [0.25, 0.3) is 15.9 Å². The number of pyridine rings is 2. The number of nitrogens with one attached hydrogen (secondary N) is 3. The lowest BCUT2D eigenvalue weighted by Crippen LogP contribution is -2.63. The molecular weight excluding hydrogens is 861 g/mol. The molecule has 5 heterocycles. The Kier molecular flexibility index (Phi) is 12.3. The zero-order chi connectivity index (χ0) is 46.4. The lowest BCUT2D eigenvalue weighted by atomic mass is 9.59. The molecule has 9 rings (SSSR count). The van der Waals surface area contributed by atoms with E-state index in [0.29, 0.717) is 49.3 Å². The Hall–Kier alpha value is -5.62. The minimum Gasteiger partial charge on any atom is -0.455 e. The van der Waals surface area contributed by atoms with Crippen molar-refractivity contribution in [1.82, 2.24) is 24.6 Å². The fraction of sp³-hybridized carbons (Fsp3) is 0.490. The first kappa shape index (κ1) is 45.5. The largest absolute Gasteiger partial charge is 0.455 e. The number of carbonyl (C=O) groups is 1. The van der Waals surface area contributed by atoms with Gasteiger partial charge in [0.2, 0.25) is 5.82 Å². The summed E-state index contributed by atoms with van der Waals surface area (Å²) >= 11 is 0. The Balaban J connectivity index is 0.904. The van der Waals surface area contributed by atoms with Crippen LogP contribution < -0.4 is 19.7 Å². The maximum Gasteiger partial charge on any atom is 0.312 e. The second-order valence-corrected chi connectivity index (χ2v) is 21.4. The normalized spacial score (nSPS) is 23.7. The standard InChI is InChI=1S/C49H60N8O8S/c1-32(2)39-7-5-6-8-41(39)48(4)31-64-22-21-56(48)36-26-49(27-36)16-19-55(20-17-49)35-9-10-40(43(24-35)65-37-23-34-13-18-50-44(34)52-29-37)46(58)54-66(62,63)38-25-42(57(60)61)45(53-30-38)51-28-33-11-14-47(3,59)15-12-33/h5-10,13,18,23-25,29-30,32-33,36,59H,11-12,14-17,19-22,26-28,31H2,1-4H3,(H,50,52)(H,51,53)(H,54,58)/t33?,47?,48-/m1/s1. The van der Waals surface area contributed by atoms with E-state index >= 15 is 0 Å². The van der Waals surface area contributed by atoms with Crippen molar-refractivity contribution in [2.75, 3.05) is 49.6 Å². The fourth-order valence-corrected chi connectivity index (χ4v) is 11.7. The van der Waals surface area contributed by atoms with Crippen LogP contribution in [0.15, 0.2) is 84.1 Å². The predicted molar refractivity (Wildman–Crippen MR) is 252 cm³/mol. The number of aliphatic hydroxyl groups is 1. The van der Waals surface area contributed by atoms with Gasteiger partial charge in [0.15, 0.2) is 0 Å². The van der Waals surface area contributed by atoms with Crippen molar-refractivity contribution in [3.05, 3.63) is 106 Å². The molecule has 0 unspecified atom stereocenters. The van der Waals surface area contributed by atoms with Crippen LogP contribution in [0.25, 0.3) is 11.0 Å². The molecule has 2 aliphatic heterocycles. The summed E-state index contributed by atoms with van der Waals surface area (Å²) in [6.07, 6.45) is 11.3. The van der Waals surface area contributed by atoms with Crippen LogP contribution in [-0.4, -0.2) is 95.2 Å². The highest BCUT2D eigenvalue weighted by Crippen LogP contribution is 2.54. The third kappa shape index (κ3) is 9.22. The number of rotatable bonds is 13. The number of aromatic nitrogens is 3. The molecular formula is C49H60N8O8S. The van der Waals surface area contributed by atoms with Crippen molar-refractivity contribution in [3.63, 3.8) is 0 Å². The van der Waals surface area contributed by atoms with Crippen LogP contribution in [0.3, 0.4) is 0 Å². The molecule has 2 saturated carbocycles. The highest BCUT2D eigenvalue weighted by molar-refractivity contribution is 7.90. The molecule has 2 saturated heterocycles. The molecule has 3 aromatic heterocycles. The molecule has 1 atom stereocenters. The van der Waals surface area contributed by atoms with Crippen molar-refractivity contribution in [3.8, 4) is 11.5 Å². The summed E-state index contributed by atoms with van der Waals surface area (Å²) in [5.41, 5.74) is 2.94. The van der Waals surface area contributed by atoms with Crippen molar-refractivity contribution in [2.45, 2.75) is 107 Å². The summed E-state index contributed by atoms with van der Waals surface area (Å²) in [5.74, 6) is -0.00446. The number of hydrogen-bond acceptors (Lipinski definition) is 13. The number of aromatic amines is 1. The summed E-state index contributed by atoms with van der Waals surface area (Å²) in [4.78, 5) is 41.5. The molecule has 0 bridgehead atoms. The number of fused-ring (bicyclic) bond motifs is 1. The second-order valence-electron chi connectivity index (χ2n) is 19.7. The Morgan fingerprint density at radius 2 is 1.77 bits per heavy atom. The Morgan fingerprint density at radius 3 is 2.52 bits per heavy atom. The Bertz CT molecular complexity index is 2720. The van der Waals surface area contributed by atoms with Gasteiger partial charge in [-0.05, 0) is 118 Å². The third-order valence-electron chi connectivity index (χ3n) is 14.8. The lowest BCUT2D eigenvalue weighted by molar-refractivity contribution is -0.384. The number of sulfonamides is 1. The zero-order valence-electron chi connectivity index (χ0n) is 38.1. The summed E-state index contributed by atoms with van der Waals surface area (Å²) in [5, 5.41) is 26.2. The number of piperidine rings is 1. The summed E-state index contributed by atoms with van der Waals surface area (Å²) in [6.45, 7) is 12.9. The number of carbonyl (C=O) groups excluding carboxylic acids is 1. The molecule has 5 aromatic rings. The van der Waals surface area contributed by atoms with E-state index in [4.69, 9.17) is 9.47 Å². The van der Waals surface area contributed by atoms with Gasteiger partial charge in [0.1, 0.15) is 22.0 Å². The Labute approximate surface area is 385 Å². The number of ether oxygens (including phenoxy) is 2. The molecule has 17 heteroatoms. The molecule has 4 aliphatic rings. The number of morpholine rings is 1. The lowest BCUT2D eigenvalue weighted by Gasteiger charge is -2.60. The van der Waals surface area contributed by atoms with Crippen LogP contribution in [0, 0.1) is 21.4 Å². The zero-order valence-corrected chi connectivity index (χ0v) is 38.9. The van der Waals surface area contributed by atoms with Gasteiger partial charge < -0.3 is 29.8 Å². The van der Waals surface area contributed by atoms with Gasteiger partial charge in [-0.2, -0.15) is 0 Å². The van der Waals surface area contributed by atoms with E-state index in [-0.39, 0.29) is 34.0 Å². The molecule has 4 fully saturated rings. The van der Waals surface area contributed by atoms with Crippen LogP contribution in [0.4, 0.5) is 17.2 Å². The molecule has 2 aromatic carbocycles. The Morgan fingerprint density at radius 1 is 1.02 bits per heavy atom. The van der Waals surface area contributed by atoms with E-state index < -0.39 is 37.0 Å². The molecule has 350 valence electrons. The van der Waals surface area contributed by atoms with E-state index in [2.05, 4.69) is 79.8 Å². The number of H-pyrrole nitrogens is 1. The minimum atomic E-state index is -4.64. The van der Waals surface area contributed by atoms with Gasteiger partial charge in [-0.1, -0.05) is 38.1 Å². The van der Waals surface area contributed by atoms with Gasteiger partial charge >= 0.3 is 5.69 Å². The molecule has 4 N–H and O–H groups in total. The average molecular weight is 921 g/mol. The van der Waals surface area contributed by atoms with Crippen LogP contribution in [0.2, 0.25) is 0 Å². The third-order valence-corrected chi connectivity index (χ3v) is 16.1. The number of nitro groups is 1. The number of anilines is 2. The van der Waals surface area contributed by atoms with E-state index in [1.54, 1.807) is 37.4 Å². The SMILES string of the molecule is CC(C)c1ccccc1[C@@]1(C)COCCN1C1CC2(CCN(c3ccc(C(=O)NS(=O)(=O)c4cnc(NCC5CCC(C)(O)CC5)c([N+](=O)[O-])c4)c(Oc4cnc5[nH]ccc5c4)c3)CC2)C1. The molecule has 16 nitrogen and oxygen atoms in total. The maximum atomic E-state index is 14.0. The molecule has 1 amide bonds. The monoisotopic (exact) mass is 920 g/mol. The van der Waals surface area contributed by atoms with Gasteiger partial charge in [0.05, 0.1) is 47.2 Å². The van der Waals surface area contributed by atoms with Gasteiger partial charge in [-0.3, -0.25) is 19.8 Å². The van der Waals surface area contributed by atoms with E-state index in [1.165, 1.54) is 17.3 Å². The van der Waals surface area contributed by atoms with Crippen LogP contribution in [0.1, 0.15) is 106 Å². The van der Waals surface area contributed by atoms with Gasteiger partial charge in [-0.15, -0.1) is 0 Å². The topological polar surface area (TPSA) is 205 Å². The highest BCUT2D eigenvalue weighted by Gasteiger charge is 2.52. The number of nitrogens with zero attached hydrogens (tertiary/aromatic N) is 5. The average Bonchev–Trinajstić information content (AvgIpc) is 3.76. The maximum absolute atomic E-state index is 14.0. The number of benzene rings is 2. The predicted octanol–water partition coefficient (Wildman–Crippen LogP) is 8.25. The first-order chi connectivity index (χ1) is 31.5. The van der Waals surface area contributed by atoms with E-state index in [9.17, 15) is 28.4 Å². The fourth-order valence-electron chi connectivity index (χ4n) is 10.8. The van der Waals surface area contributed by atoms with E-state index in [0.717, 1.165) is 88.1 Å². The second kappa shape index (κ2) is 17.9. The molecule has 2 aliphatic carbocycles. The molecule has 66 heavy (non-hydrogen) atoms. The highest BCUT2D eigenvalue weighted by atomic mass is 32.2. The van der Waals surface area contributed by atoms with E-state index in [1.807, 2.05) is 6.07 Å². The van der Waals surface area contributed by atoms with Crippen molar-refractivity contribution in [1.29, 1.82) is 0 Å². The number of amides is 1. The summed E-state index contributed by atoms with van der Waals surface area (Å²) in [6, 6.07) is 18.9. The molecule has 0 radical (unpaired) electrons. The quantitative estimate of drug-likeness (QED) is 0.0650. The molecule has 1 spiro atoms. The number of hydrogen-bond donors (Lipinski definition) is 4. The van der Waals surface area contributed by atoms with Crippen molar-refractivity contribution >= 4 is 44.2 Å².